The Balaban J connectivity index is 3.08. The molecule has 0 aromatic carbocycles. The van der Waals surface area contributed by atoms with Crippen molar-refractivity contribution in [1.82, 2.24) is 9.97 Å². The van der Waals surface area contributed by atoms with E-state index in [2.05, 4.69) is 30.9 Å². The first-order valence-corrected chi connectivity index (χ1v) is 5.58. The molecule has 1 aromatic rings. The largest absolute Gasteiger partial charge is 0.393 e. The molecule has 0 atom stereocenters. The van der Waals surface area contributed by atoms with Crippen LogP contribution in [-0.4, -0.2) is 27.4 Å². The predicted octanol–water partition coefficient (Wildman–Crippen LogP) is -0.912. The quantitative estimate of drug-likeness (QED) is 0.270. The molecule has 0 radical (unpaired) electrons. The molecule has 0 aliphatic carbocycles. The Morgan fingerprint density at radius 2 is 1.84 bits per heavy atom. The molecule has 9 N–H and O–H groups in total. The number of amidine groups is 1. The molecule has 9 nitrogen and oxygen atoms in total. The standard InChI is InChI=1S/C9H11BrN8O/c10-3(11)1-4(12)18-9(19)6(13)5-7(14)16-2-17-8(5)15/h1-2,13H,11H2,(H2,12,18,19)(H4,14,15,16,17)/b3-1-,13-6?. The summed E-state index contributed by atoms with van der Waals surface area (Å²) in [6, 6.07) is 0. The van der Waals surface area contributed by atoms with Crippen molar-refractivity contribution in [3.05, 3.63) is 22.6 Å². The molecule has 0 aliphatic rings. The van der Waals surface area contributed by atoms with Crippen LogP contribution in [0.4, 0.5) is 11.6 Å². The predicted molar refractivity (Wildman–Crippen MR) is 75.5 cm³/mol. The number of hydrogen-bond acceptors (Lipinski definition) is 7. The zero-order valence-electron chi connectivity index (χ0n) is 9.59. The molecule has 0 saturated heterocycles. The first-order valence-electron chi connectivity index (χ1n) is 4.79. The number of nitrogens with zero attached hydrogens (tertiary/aromatic N) is 3. The number of hydrogen-bond donors (Lipinski definition) is 5. The molecule has 0 fully saturated rings. The minimum Gasteiger partial charge on any atom is -0.393 e. The van der Waals surface area contributed by atoms with Gasteiger partial charge in [-0.3, -0.25) is 10.2 Å². The van der Waals surface area contributed by atoms with E-state index < -0.39 is 11.6 Å². The molecular weight excluding hydrogens is 316 g/mol. The summed E-state index contributed by atoms with van der Waals surface area (Å²) >= 11 is 2.92. The van der Waals surface area contributed by atoms with Crippen molar-refractivity contribution in [3.8, 4) is 0 Å². The van der Waals surface area contributed by atoms with Gasteiger partial charge in [0.15, 0.2) is 0 Å². The maximum Gasteiger partial charge on any atom is 0.297 e. The van der Waals surface area contributed by atoms with E-state index in [-0.39, 0.29) is 27.6 Å². The number of aromatic nitrogens is 2. The van der Waals surface area contributed by atoms with Gasteiger partial charge in [0, 0.05) is 6.08 Å². The Hall–Kier alpha value is -2.49. The molecule has 19 heavy (non-hydrogen) atoms. The molecular formula is C9H11BrN8O. The Morgan fingerprint density at radius 3 is 2.32 bits per heavy atom. The van der Waals surface area contributed by atoms with Gasteiger partial charge in [-0.2, -0.15) is 4.99 Å². The molecule has 0 spiro atoms. The fourth-order valence-corrected chi connectivity index (χ4v) is 1.36. The summed E-state index contributed by atoms with van der Waals surface area (Å²) in [5.74, 6) is -1.28. The minimum absolute atomic E-state index is 0.0835. The van der Waals surface area contributed by atoms with Gasteiger partial charge in [0.1, 0.15) is 29.5 Å². The van der Waals surface area contributed by atoms with Crippen molar-refractivity contribution in [2.75, 3.05) is 11.5 Å². The Morgan fingerprint density at radius 1 is 1.32 bits per heavy atom. The summed E-state index contributed by atoms with van der Waals surface area (Å²) in [6.07, 6.45) is 2.33. The van der Waals surface area contributed by atoms with Crippen molar-refractivity contribution in [2.24, 2.45) is 16.5 Å². The molecule has 0 bridgehead atoms. The highest BCUT2D eigenvalue weighted by molar-refractivity contribution is 9.11. The second kappa shape index (κ2) is 5.91. The van der Waals surface area contributed by atoms with Crippen molar-refractivity contribution >= 4 is 45.0 Å². The van der Waals surface area contributed by atoms with Crippen LogP contribution in [0.25, 0.3) is 0 Å². The third kappa shape index (κ3) is 3.74. The number of aliphatic imine (C=N–C) groups is 1. The molecule has 1 amide bonds. The lowest BCUT2D eigenvalue weighted by Gasteiger charge is -2.05. The van der Waals surface area contributed by atoms with Gasteiger partial charge in [-0.1, -0.05) is 0 Å². The number of anilines is 2. The zero-order valence-corrected chi connectivity index (χ0v) is 11.2. The van der Waals surface area contributed by atoms with Crippen LogP contribution in [0.15, 0.2) is 22.0 Å². The van der Waals surface area contributed by atoms with Crippen LogP contribution in [0.3, 0.4) is 0 Å². The number of nitrogens with two attached hydrogens (primary N) is 4. The fraction of sp³-hybridized carbons (Fsp3) is 0. The van der Waals surface area contributed by atoms with Crippen LogP contribution in [0.1, 0.15) is 5.56 Å². The van der Waals surface area contributed by atoms with Gasteiger partial charge < -0.3 is 22.9 Å². The molecule has 100 valence electrons. The first kappa shape index (κ1) is 14.6. The summed E-state index contributed by atoms with van der Waals surface area (Å²) in [7, 11) is 0. The number of halogens is 1. The SMILES string of the molecule is N=C(C(=O)N=C(N)/C=C(\N)Br)c1c(N)ncnc1N. The van der Waals surface area contributed by atoms with Gasteiger partial charge in [-0.25, -0.2) is 9.97 Å². The number of rotatable bonds is 3. The van der Waals surface area contributed by atoms with E-state index in [0.29, 0.717) is 0 Å². The van der Waals surface area contributed by atoms with Gasteiger partial charge in [0.05, 0.1) is 10.2 Å². The average Bonchev–Trinajstić information content (AvgIpc) is 2.26. The number of nitrogen functional groups attached to an aromatic ring is 2. The lowest BCUT2D eigenvalue weighted by atomic mass is 10.1. The fourth-order valence-electron chi connectivity index (χ4n) is 1.12. The highest BCUT2D eigenvalue weighted by Gasteiger charge is 2.18. The summed E-state index contributed by atoms with van der Waals surface area (Å²) in [5.41, 5.74) is 21.1. The maximum atomic E-state index is 11.7. The number of carbonyl (C=O) groups is 1. The summed E-state index contributed by atoms with van der Waals surface area (Å²) in [6.45, 7) is 0. The molecule has 1 heterocycles. The molecule has 0 saturated carbocycles. The average molecular weight is 327 g/mol. The van der Waals surface area contributed by atoms with E-state index in [4.69, 9.17) is 28.3 Å². The Bertz CT molecular complexity index is 570. The monoisotopic (exact) mass is 326 g/mol. The number of nitrogens with one attached hydrogen (secondary N) is 1. The van der Waals surface area contributed by atoms with E-state index in [9.17, 15) is 4.79 Å². The first-order chi connectivity index (χ1) is 8.82. The van der Waals surface area contributed by atoms with Crippen molar-refractivity contribution in [1.29, 1.82) is 5.41 Å². The van der Waals surface area contributed by atoms with Crippen LogP contribution in [0, 0.1) is 5.41 Å². The minimum atomic E-state index is -0.935. The maximum absolute atomic E-state index is 11.7. The van der Waals surface area contributed by atoms with E-state index >= 15 is 0 Å². The third-order valence-corrected chi connectivity index (χ3v) is 2.12. The Labute approximate surface area is 116 Å². The van der Waals surface area contributed by atoms with Crippen molar-refractivity contribution < 1.29 is 4.79 Å². The van der Waals surface area contributed by atoms with Gasteiger partial charge in [0.25, 0.3) is 5.91 Å². The van der Waals surface area contributed by atoms with Crippen molar-refractivity contribution in [3.63, 3.8) is 0 Å². The molecule has 0 aliphatic heterocycles. The topological polar surface area (TPSA) is 183 Å². The van der Waals surface area contributed by atoms with E-state index in [1.165, 1.54) is 6.08 Å². The number of carbonyl (C=O) groups excluding carboxylic acids is 1. The highest BCUT2D eigenvalue weighted by Crippen LogP contribution is 2.15. The van der Waals surface area contributed by atoms with E-state index in [1.807, 2.05) is 0 Å². The van der Waals surface area contributed by atoms with Crippen LogP contribution < -0.4 is 22.9 Å². The van der Waals surface area contributed by atoms with Gasteiger partial charge in [-0.15, -0.1) is 0 Å². The van der Waals surface area contributed by atoms with Gasteiger partial charge in [-0.05, 0) is 15.9 Å². The summed E-state index contributed by atoms with van der Waals surface area (Å²) in [5, 5.41) is 7.68. The van der Waals surface area contributed by atoms with E-state index in [0.717, 1.165) is 6.33 Å². The molecule has 10 heteroatoms. The van der Waals surface area contributed by atoms with Crippen LogP contribution in [0.5, 0.6) is 0 Å². The highest BCUT2D eigenvalue weighted by atomic mass is 79.9. The zero-order chi connectivity index (χ0) is 14.6. The van der Waals surface area contributed by atoms with Gasteiger partial charge in [0.2, 0.25) is 0 Å². The van der Waals surface area contributed by atoms with Gasteiger partial charge >= 0.3 is 0 Å². The third-order valence-electron chi connectivity index (χ3n) is 1.89. The summed E-state index contributed by atoms with van der Waals surface area (Å²) < 4.78 is 0.190. The number of amides is 1. The normalized spacial score (nSPS) is 12.3. The molecule has 1 rings (SSSR count). The van der Waals surface area contributed by atoms with Crippen molar-refractivity contribution in [2.45, 2.75) is 0 Å². The smallest absolute Gasteiger partial charge is 0.297 e. The van der Waals surface area contributed by atoms with Crippen LogP contribution in [0.2, 0.25) is 0 Å². The molecule has 1 aromatic heterocycles. The second-order valence-electron chi connectivity index (χ2n) is 3.27. The second-order valence-corrected chi connectivity index (χ2v) is 4.18. The lowest BCUT2D eigenvalue weighted by molar-refractivity contribution is -0.111. The van der Waals surface area contributed by atoms with E-state index in [1.54, 1.807) is 0 Å². The van der Waals surface area contributed by atoms with Crippen LogP contribution in [-0.2, 0) is 4.79 Å². The lowest BCUT2D eigenvalue weighted by Crippen LogP contribution is -2.21. The van der Waals surface area contributed by atoms with Crippen LogP contribution >= 0.6 is 15.9 Å². The Kier molecular flexibility index (Phi) is 4.53. The molecule has 0 unspecified atom stereocenters. The summed E-state index contributed by atoms with van der Waals surface area (Å²) in [4.78, 5) is 22.4.